The predicted molar refractivity (Wildman–Crippen MR) is 151 cm³/mol. The first-order valence-corrected chi connectivity index (χ1v) is 12.6. The molecule has 1 aliphatic rings. The van der Waals surface area contributed by atoms with Crippen molar-refractivity contribution in [1.82, 2.24) is 19.8 Å². The van der Waals surface area contributed by atoms with Crippen LogP contribution in [0.4, 0.5) is 21.9 Å². The first kappa shape index (κ1) is 26.1. The molecule has 9 heteroatoms. The van der Waals surface area contributed by atoms with E-state index in [4.69, 9.17) is 15.1 Å². The van der Waals surface area contributed by atoms with E-state index in [1.165, 1.54) is 10.5 Å². The molecular weight excluding hydrogens is 464 g/mol. The number of aromatic nitrogens is 3. The number of aryl methyl sites for hydroxylation is 1. The van der Waals surface area contributed by atoms with Crippen LogP contribution >= 0.6 is 0 Å². The van der Waals surface area contributed by atoms with Gasteiger partial charge in [-0.25, -0.2) is 14.8 Å². The minimum absolute atomic E-state index is 0.223. The van der Waals surface area contributed by atoms with E-state index >= 15 is 0 Å². The van der Waals surface area contributed by atoms with Crippen molar-refractivity contribution in [2.24, 2.45) is 15.5 Å². The number of nitrogens with one attached hydrogen (secondary N) is 1. The molecule has 0 radical (unpaired) electrons. The molecular formula is C28H36N8O. The van der Waals surface area contributed by atoms with Gasteiger partial charge in [0.1, 0.15) is 5.71 Å². The molecule has 0 spiro atoms. The van der Waals surface area contributed by atoms with Gasteiger partial charge in [0.2, 0.25) is 5.82 Å². The smallest absolute Gasteiger partial charge is 0.321 e. The van der Waals surface area contributed by atoms with Crippen LogP contribution in [0.1, 0.15) is 46.0 Å². The molecule has 0 atom stereocenters. The van der Waals surface area contributed by atoms with Crippen molar-refractivity contribution >= 4 is 34.5 Å². The number of anilines is 2. The number of benzene rings is 2. The van der Waals surface area contributed by atoms with E-state index in [0.29, 0.717) is 28.7 Å². The highest BCUT2D eigenvalue weighted by atomic mass is 16.2. The molecule has 1 N–H and O–H groups in total. The van der Waals surface area contributed by atoms with E-state index in [1.54, 1.807) is 18.9 Å². The van der Waals surface area contributed by atoms with Crippen molar-refractivity contribution in [3.05, 3.63) is 53.9 Å². The maximum absolute atomic E-state index is 12.6. The zero-order valence-corrected chi connectivity index (χ0v) is 23.0. The van der Waals surface area contributed by atoms with Gasteiger partial charge in [-0.1, -0.05) is 50.6 Å². The normalized spacial score (nSPS) is 13.9. The van der Waals surface area contributed by atoms with Crippen LogP contribution in [0.15, 0.2) is 52.6 Å². The van der Waals surface area contributed by atoms with Gasteiger partial charge in [0.05, 0.1) is 17.1 Å². The fourth-order valence-electron chi connectivity index (χ4n) is 4.06. The SMILES string of the molecule is CCN(CC)c1ccc(/N=C2/C(C(C)(C)C)=Nn3nc(-c4ccc(C)cc4)nc32)c(NC(=O)N(C)C)c1. The number of nitrogens with zero attached hydrogens (tertiary/aromatic N) is 7. The Hall–Kier alpha value is -4.01. The summed E-state index contributed by atoms with van der Waals surface area (Å²) in [5, 5.41) is 12.4. The molecule has 0 saturated heterocycles. The number of urea groups is 1. The van der Waals surface area contributed by atoms with Crippen LogP contribution in [0, 0.1) is 12.3 Å². The zero-order chi connectivity index (χ0) is 26.9. The van der Waals surface area contributed by atoms with Gasteiger partial charge < -0.3 is 15.1 Å². The van der Waals surface area contributed by atoms with Crippen LogP contribution < -0.4 is 10.2 Å². The average molecular weight is 501 g/mol. The minimum atomic E-state index is -0.292. The summed E-state index contributed by atoms with van der Waals surface area (Å²) in [4.78, 5) is 27.8. The highest BCUT2D eigenvalue weighted by Gasteiger charge is 2.35. The Morgan fingerprint density at radius 3 is 2.32 bits per heavy atom. The number of aliphatic imine (C=N–C) groups is 1. The van der Waals surface area contributed by atoms with Crippen molar-refractivity contribution in [3.8, 4) is 11.4 Å². The van der Waals surface area contributed by atoms with Crippen LogP contribution in [0.3, 0.4) is 0 Å². The Balaban J connectivity index is 1.84. The Bertz CT molecular complexity index is 1360. The third kappa shape index (κ3) is 5.40. The average Bonchev–Trinajstić information content (AvgIpc) is 3.41. The highest BCUT2D eigenvalue weighted by molar-refractivity contribution is 6.50. The van der Waals surface area contributed by atoms with Crippen molar-refractivity contribution < 1.29 is 4.79 Å². The molecule has 1 aromatic heterocycles. The van der Waals surface area contributed by atoms with Crippen LogP contribution in [0.25, 0.3) is 11.4 Å². The molecule has 0 aliphatic carbocycles. The van der Waals surface area contributed by atoms with Crippen molar-refractivity contribution in [2.45, 2.75) is 41.5 Å². The summed E-state index contributed by atoms with van der Waals surface area (Å²) in [7, 11) is 3.43. The van der Waals surface area contributed by atoms with Crippen LogP contribution in [0.5, 0.6) is 0 Å². The number of hydrogen-bond acceptors (Lipinski definition) is 6. The van der Waals surface area contributed by atoms with E-state index < -0.39 is 0 Å². The largest absolute Gasteiger partial charge is 0.372 e. The van der Waals surface area contributed by atoms with Crippen LogP contribution in [-0.2, 0) is 0 Å². The minimum Gasteiger partial charge on any atom is -0.372 e. The second kappa shape index (κ2) is 10.2. The molecule has 4 rings (SSSR count). The van der Waals surface area contributed by atoms with E-state index in [9.17, 15) is 4.79 Å². The van der Waals surface area contributed by atoms with E-state index in [2.05, 4.69) is 49.9 Å². The summed E-state index contributed by atoms with van der Waals surface area (Å²) in [6.07, 6.45) is 0. The van der Waals surface area contributed by atoms with Crippen LogP contribution in [-0.4, -0.2) is 64.4 Å². The molecule has 2 heterocycles. The third-order valence-electron chi connectivity index (χ3n) is 6.23. The highest BCUT2D eigenvalue weighted by Crippen LogP contribution is 2.34. The number of carbonyl (C=O) groups excluding carboxylic acids is 1. The number of amides is 2. The van der Waals surface area contributed by atoms with Gasteiger partial charge in [-0.2, -0.15) is 5.10 Å². The molecule has 0 fully saturated rings. The van der Waals surface area contributed by atoms with Gasteiger partial charge in [-0.15, -0.1) is 9.89 Å². The number of fused-ring (bicyclic) bond motifs is 1. The summed E-state index contributed by atoms with van der Waals surface area (Å²) >= 11 is 0. The van der Waals surface area contributed by atoms with Crippen molar-refractivity contribution in [3.63, 3.8) is 0 Å². The standard InChI is InChI=1S/C28H36N8O/c1-9-35(10-2)20-15-16-21(22(17-20)30-27(37)34(7)8)29-23-24(28(4,5)6)32-36-26(23)31-25(33-36)19-13-11-18(3)12-14-19/h11-17H,9-10H2,1-8H3,(H,30,37)/b29-23-. The maximum Gasteiger partial charge on any atom is 0.321 e. The fourth-order valence-corrected chi connectivity index (χ4v) is 4.06. The molecule has 0 bridgehead atoms. The lowest BCUT2D eigenvalue weighted by Gasteiger charge is -2.23. The van der Waals surface area contributed by atoms with Gasteiger partial charge >= 0.3 is 6.03 Å². The third-order valence-corrected chi connectivity index (χ3v) is 6.23. The molecule has 0 unspecified atom stereocenters. The number of carbonyl (C=O) groups is 1. The van der Waals surface area contributed by atoms with Gasteiger partial charge in [0, 0.05) is 43.9 Å². The van der Waals surface area contributed by atoms with Crippen LogP contribution in [0.2, 0.25) is 0 Å². The number of hydrogen-bond donors (Lipinski definition) is 1. The summed E-state index contributed by atoms with van der Waals surface area (Å²) in [5.41, 5.74) is 5.51. The zero-order valence-electron chi connectivity index (χ0n) is 23.0. The molecule has 194 valence electrons. The van der Waals surface area contributed by atoms with Crippen molar-refractivity contribution in [1.29, 1.82) is 0 Å². The second-order valence-electron chi connectivity index (χ2n) is 10.4. The molecule has 1 aliphatic heterocycles. The lowest BCUT2D eigenvalue weighted by Crippen LogP contribution is -2.28. The summed E-state index contributed by atoms with van der Waals surface area (Å²) in [5.74, 6) is 1.18. The molecule has 0 saturated carbocycles. The van der Waals surface area contributed by atoms with Crippen molar-refractivity contribution in [2.75, 3.05) is 37.4 Å². The van der Waals surface area contributed by atoms with E-state index in [-0.39, 0.29) is 11.4 Å². The molecule has 2 amide bonds. The molecule has 2 aromatic carbocycles. The quantitative estimate of drug-likeness (QED) is 0.478. The fraction of sp³-hybridized carbons (Fsp3) is 0.393. The van der Waals surface area contributed by atoms with Gasteiger partial charge in [-0.05, 0) is 39.0 Å². The lowest BCUT2D eigenvalue weighted by atomic mass is 9.87. The Kier molecular flexibility index (Phi) is 7.16. The molecule has 9 nitrogen and oxygen atoms in total. The van der Waals surface area contributed by atoms with Gasteiger partial charge in [0.25, 0.3) is 0 Å². The second-order valence-corrected chi connectivity index (χ2v) is 10.4. The number of rotatable bonds is 6. The van der Waals surface area contributed by atoms with E-state index in [1.807, 2.05) is 49.4 Å². The Morgan fingerprint density at radius 1 is 1.05 bits per heavy atom. The van der Waals surface area contributed by atoms with Gasteiger partial charge in [-0.3, -0.25) is 0 Å². The maximum atomic E-state index is 12.6. The first-order chi connectivity index (χ1) is 17.5. The van der Waals surface area contributed by atoms with Gasteiger partial charge in [0.15, 0.2) is 5.82 Å². The summed E-state index contributed by atoms with van der Waals surface area (Å²) < 4.78 is 0. The molecule has 37 heavy (non-hydrogen) atoms. The molecule has 3 aromatic rings. The van der Waals surface area contributed by atoms with E-state index in [0.717, 1.165) is 30.1 Å². The predicted octanol–water partition coefficient (Wildman–Crippen LogP) is 5.58. The monoisotopic (exact) mass is 500 g/mol. The topological polar surface area (TPSA) is 91.0 Å². The Labute approximate surface area is 218 Å². The first-order valence-electron chi connectivity index (χ1n) is 12.6. The lowest BCUT2D eigenvalue weighted by molar-refractivity contribution is 0.230. The summed E-state index contributed by atoms with van der Waals surface area (Å²) in [6.45, 7) is 14.3. The Morgan fingerprint density at radius 2 is 1.73 bits per heavy atom. The summed E-state index contributed by atoms with van der Waals surface area (Å²) in [6, 6.07) is 13.8.